The quantitative estimate of drug-likeness (QED) is 0.686. The second-order valence-corrected chi connectivity index (χ2v) is 4.96. The van der Waals surface area contributed by atoms with Gasteiger partial charge in [-0.05, 0) is 6.07 Å². The summed E-state index contributed by atoms with van der Waals surface area (Å²) in [5.41, 5.74) is -0.381. The number of aryl methyl sites for hydroxylation is 1. The Hall–Kier alpha value is -2.75. The average molecular weight is 341 g/mol. The number of hydrogen-bond acceptors (Lipinski definition) is 4. The molecule has 0 saturated heterocycles. The van der Waals surface area contributed by atoms with Crippen LogP contribution in [0, 0.1) is 5.82 Å². The van der Waals surface area contributed by atoms with Gasteiger partial charge in [-0.25, -0.2) is 9.50 Å². The molecule has 24 heavy (non-hydrogen) atoms. The lowest BCUT2D eigenvalue weighted by molar-refractivity contribution is -0.159. The van der Waals surface area contributed by atoms with E-state index in [2.05, 4.69) is 19.8 Å². The highest BCUT2D eigenvalue weighted by atomic mass is 19.4. The third kappa shape index (κ3) is 2.87. The van der Waals surface area contributed by atoms with Gasteiger partial charge in [-0.2, -0.15) is 23.3 Å². The van der Waals surface area contributed by atoms with E-state index in [1.807, 2.05) is 0 Å². The van der Waals surface area contributed by atoms with Gasteiger partial charge in [0, 0.05) is 24.4 Å². The Morgan fingerprint density at radius 1 is 1.29 bits per heavy atom. The van der Waals surface area contributed by atoms with Crippen molar-refractivity contribution in [3.63, 3.8) is 0 Å². The van der Waals surface area contributed by atoms with Gasteiger partial charge in [-0.15, -0.1) is 0 Å². The van der Waals surface area contributed by atoms with E-state index in [-0.39, 0.29) is 16.7 Å². The SMILES string of the molecule is Cn1cc(C([O])c2cccc(-c3noc(C(F)(F)F)n3)c2F)cn1. The Bertz CT molecular complexity index is 872. The van der Waals surface area contributed by atoms with Crippen LogP contribution in [0.3, 0.4) is 0 Å². The highest BCUT2D eigenvalue weighted by Gasteiger charge is 2.39. The van der Waals surface area contributed by atoms with E-state index in [0.717, 1.165) is 0 Å². The summed E-state index contributed by atoms with van der Waals surface area (Å²) in [5, 5.41) is 19.3. The maximum absolute atomic E-state index is 14.6. The molecule has 10 heteroatoms. The summed E-state index contributed by atoms with van der Waals surface area (Å²) < 4.78 is 57.5. The van der Waals surface area contributed by atoms with E-state index >= 15 is 0 Å². The van der Waals surface area contributed by atoms with Crippen molar-refractivity contribution in [1.29, 1.82) is 0 Å². The topological polar surface area (TPSA) is 76.6 Å². The van der Waals surface area contributed by atoms with Crippen molar-refractivity contribution < 1.29 is 27.2 Å². The molecule has 1 radical (unpaired) electrons. The molecule has 0 aliphatic rings. The number of nitrogens with zero attached hydrogens (tertiary/aromatic N) is 4. The molecular weight excluding hydrogens is 332 g/mol. The van der Waals surface area contributed by atoms with Crippen LogP contribution < -0.4 is 0 Å². The van der Waals surface area contributed by atoms with Gasteiger partial charge >= 0.3 is 12.1 Å². The van der Waals surface area contributed by atoms with Crippen LogP contribution in [0.4, 0.5) is 17.6 Å². The number of alkyl halides is 3. The van der Waals surface area contributed by atoms with Gasteiger partial charge in [0.2, 0.25) is 5.82 Å². The number of halogens is 4. The number of benzene rings is 1. The van der Waals surface area contributed by atoms with Crippen LogP contribution in [-0.4, -0.2) is 19.9 Å². The van der Waals surface area contributed by atoms with Gasteiger partial charge in [0.25, 0.3) is 0 Å². The summed E-state index contributed by atoms with van der Waals surface area (Å²) in [5.74, 6) is -3.18. The van der Waals surface area contributed by atoms with Crippen LogP contribution in [0.2, 0.25) is 0 Å². The molecule has 0 spiro atoms. The van der Waals surface area contributed by atoms with Gasteiger partial charge in [-0.1, -0.05) is 17.3 Å². The third-order valence-corrected chi connectivity index (χ3v) is 3.25. The van der Waals surface area contributed by atoms with E-state index in [4.69, 9.17) is 0 Å². The Balaban J connectivity index is 2.01. The number of hydrogen-bond donors (Lipinski definition) is 0. The lowest BCUT2D eigenvalue weighted by Gasteiger charge is -2.09. The fourth-order valence-corrected chi connectivity index (χ4v) is 2.13. The monoisotopic (exact) mass is 341 g/mol. The zero-order valence-corrected chi connectivity index (χ0v) is 12.1. The summed E-state index contributed by atoms with van der Waals surface area (Å²) in [7, 11) is 1.60. The fraction of sp³-hybridized carbons (Fsp3) is 0.214. The van der Waals surface area contributed by atoms with E-state index in [9.17, 15) is 22.7 Å². The van der Waals surface area contributed by atoms with Crippen molar-refractivity contribution in [3.8, 4) is 11.4 Å². The summed E-state index contributed by atoms with van der Waals surface area (Å²) in [6, 6.07) is 3.74. The van der Waals surface area contributed by atoms with E-state index in [1.54, 1.807) is 7.05 Å². The summed E-state index contributed by atoms with van der Waals surface area (Å²) >= 11 is 0. The molecule has 0 saturated carbocycles. The third-order valence-electron chi connectivity index (χ3n) is 3.25. The summed E-state index contributed by atoms with van der Waals surface area (Å²) in [4.78, 5) is 3.13. The van der Waals surface area contributed by atoms with Crippen molar-refractivity contribution in [1.82, 2.24) is 19.9 Å². The fourth-order valence-electron chi connectivity index (χ4n) is 2.13. The van der Waals surface area contributed by atoms with Crippen LogP contribution in [0.15, 0.2) is 35.1 Å². The van der Waals surface area contributed by atoms with Crippen LogP contribution in [0.5, 0.6) is 0 Å². The minimum absolute atomic E-state index is 0.220. The van der Waals surface area contributed by atoms with Gasteiger partial charge in [0.15, 0.2) is 0 Å². The predicted octanol–water partition coefficient (Wildman–Crippen LogP) is 3.15. The van der Waals surface area contributed by atoms with E-state index < -0.39 is 29.8 Å². The van der Waals surface area contributed by atoms with Crippen molar-refractivity contribution in [2.45, 2.75) is 12.3 Å². The molecule has 0 N–H and O–H groups in total. The zero-order chi connectivity index (χ0) is 17.5. The molecule has 125 valence electrons. The maximum atomic E-state index is 14.6. The van der Waals surface area contributed by atoms with Crippen LogP contribution >= 0.6 is 0 Å². The highest BCUT2D eigenvalue weighted by molar-refractivity contribution is 5.57. The normalized spacial score (nSPS) is 13.2. The van der Waals surface area contributed by atoms with Crippen molar-refractivity contribution in [2.24, 2.45) is 7.05 Å². The van der Waals surface area contributed by atoms with Gasteiger partial charge in [-0.3, -0.25) is 4.68 Å². The molecule has 0 aliphatic heterocycles. The van der Waals surface area contributed by atoms with Gasteiger partial charge < -0.3 is 4.52 Å². The summed E-state index contributed by atoms with van der Waals surface area (Å²) in [6.45, 7) is 0. The Kier molecular flexibility index (Phi) is 3.84. The molecule has 3 rings (SSSR count). The average Bonchev–Trinajstić information content (AvgIpc) is 3.15. The molecule has 1 aromatic carbocycles. The number of aromatic nitrogens is 4. The van der Waals surface area contributed by atoms with Crippen molar-refractivity contribution in [3.05, 3.63) is 53.4 Å². The van der Waals surface area contributed by atoms with Crippen LogP contribution in [0.1, 0.15) is 23.1 Å². The molecule has 2 aromatic heterocycles. The first-order chi connectivity index (χ1) is 11.3. The molecule has 1 unspecified atom stereocenters. The Morgan fingerprint density at radius 2 is 2.04 bits per heavy atom. The van der Waals surface area contributed by atoms with Gasteiger partial charge in [0.1, 0.15) is 11.9 Å². The number of rotatable bonds is 3. The molecular formula is C14H9F4N4O2. The molecule has 3 aromatic rings. The standard InChI is InChI=1S/C14H9F4N4O2/c1-22-6-7(5-19-22)11(23)8-3-2-4-9(10(8)15)12-20-13(24-21-12)14(16,17)18/h2-6,11H,1H3. The first kappa shape index (κ1) is 16.1. The minimum Gasteiger partial charge on any atom is -0.329 e. The highest BCUT2D eigenvalue weighted by Crippen LogP contribution is 2.32. The molecule has 0 bridgehead atoms. The lowest BCUT2D eigenvalue weighted by Crippen LogP contribution is -2.05. The molecule has 0 amide bonds. The molecule has 2 heterocycles. The summed E-state index contributed by atoms with van der Waals surface area (Å²) in [6.07, 6.45) is -3.71. The molecule has 0 fully saturated rings. The first-order valence-corrected chi connectivity index (χ1v) is 6.61. The molecule has 6 nitrogen and oxygen atoms in total. The second kappa shape index (κ2) is 5.71. The van der Waals surface area contributed by atoms with Crippen LogP contribution in [0.25, 0.3) is 11.4 Å². The minimum atomic E-state index is -4.84. The largest absolute Gasteiger partial charge is 0.471 e. The molecule has 1 atom stereocenters. The van der Waals surface area contributed by atoms with E-state index in [0.29, 0.717) is 0 Å². The van der Waals surface area contributed by atoms with E-state index in [1.165, 1.54) is 35.3 Å². The van der Waals surface area contributed by atoms with Crippen molar-refractivity contribution >= 4 is 0 Å². The Labute approximate surface area is 132 Å². The van der Waals surface area contributed by atoms with Gasteiger partial charge in [0.05, 0.1) is 11.8 Å². The maximum Gasteiger partial charge on any atom is 0.471 e. The van der Waals surface area contributed by atoms with Crippen molar-refractivity contribution in [2.75, 3.05) is 0 Å². The Morgan fingerprint density at radius 3 is 2.62 bits per heavy atom. The molecule has 0 aliphatic carbocycles. The van der Waals surface area contributed by atoms with Crippen LogP contribution in [-0.2, 0) is 18.3 Å². The predicted molar refractivity (Wildman–Crippen MR) is 70.4 cm³/mol. The smallest absolute Gasteiger partial charge is 0.329 e. The lowest BCUT2D eigenvalue weighted by atomic mass is 10.0. The zero-order valence-electron chi connectivity index (χ0n) is 12.1. The first-order valence-electron chi connectivity index (χ1n) is 6.61. The second-order valence-electron chi connectivity index (χ2n) is 4.96.